The molecule has 1 aromatic carbocycles. The van der Waals surface area contributed by atoms with Gasteiger partial charge in [-0.25, -0.2) is 9.78 Å². The summed E-state index contributed by atoms with van der Waals surface area (Å²) < 4.78 is 5.86. The Hall–Kier alpha value is -1.95. The molecule has 118 valence electrons. The van der Waals surface area contributed by atoms with Crippen molar-refractivity contribution in [1.29, 1.82) is 0 Å². The monoisotopic (exact) mass is 320 g/mol. The number of hydrogen-bond donors (Lipinski definition) is 1. The Bertz CT molecular complexity index is 650. The summed E-state index contributed by atoms with van der Waals surface area (Å²) in [6.45, 7) is 3.51. The smallest absolute Gasteiger partial charge is 0.331 e. The number of nitrogens with zero attached hydrogens (tertiary/aromatic N) is 1. The molecule has 1 N–H and O–H groups in total. The number of para-hydroxylation sites is 1. The van der Waals surface area contributed by atoms with Crippen molar-refractivity contribution in [3.63, 3.8) is 0 Å². The number of fused-ring (bicyclic) bond motifs is 1. The van der Waals surface area contributed by atoms with Crippen LogP contribution >= 0.6 is 11.3 Å². The molecule has 0 aliphatic rings. The van der Waals surface area contributed by atoms with Gasteiger partial charge in [-0.05, 0) is 25.5 Å². The van der Waals surface area contributed by atoms with Crippen LogP contribution < -0.4 is 5.32 Å². The van der Waals surface area contributed by atoms with Crippen LogP contribution in [0.3, 0.4) is 0 Å². The molecule has 0 spiro atoms. The first kappa shape index (κ1) is 16.4. The number of hydrogen-bond acceptors (Lipinski definition) is 5. The summed E-state index contributed by atoms with van der Waals surface area (Å²) in [7, 11) is 1.32. The van der Waals surface area contributed by atoms with Crippen molar-refractivity contribution in [1.82, 2.24) is 10.3 Å². The van der Waals surface area contributed by atoms with Gasteiger partial charge in [-0.15, -0.1) is 11.3 Å². The molecule has 1 amide bonds. The minimum atomic E-state index is -0.973. The summed E-state index contributed by atoms with van der Waals surface area (Å²) >= 11 is 1.59. The van der Waals surface area contributed by atoms with E-state index < -0.39 is 11.5 Å². The minimum absolute atomic E-state index is 0.172. The maximum atomic E-state index is 12.1. The molecule has 2 aromatic rings. The summed E-state index contributed by atoms with van der Waals surface area (Å²) in [6, 6.07) is 7.89. The molecule has 0 saturated carbocycles. The molecular formula is C16H20N2O3S. The van der Waals surface area contributed by atoms with E-state index in [1.165, 1.54) is 7.11 Å². The number of aryl methyl sites for hydroxylation is 1. The molecule has 0 aliphatic carbocycles. The van der Waals surface area contributed by atoms with Gasteiger partial charge in [-0.2, -0.15) is 0 Å². The van der Waals surface area contributed by atoms with E-state index in [1.54, 1.807) is 18.3 Å². The lowest BCUT2D eigenvalue weighted by Gasteiger charge is -2.26. The maximum absolute atomic E-state index is 12.1. The Labute approximate surface area is 133 Å². The van der Waals surface area contributed by atoms with Gasteiger partial charge in [0.05, 0.1) is 22.3 Å². The minimum Gasteiger partial charge on any atom is -0.467 e. The first-order valence-electron chi connectivity index (χ1n) is 7.22. The van der Waals surface area contributed by atoms with Crippen LogP contribution in [0.5, 0.6) is 0 Å². The fraction of sp³-hybridized carbons (Fsp3) is 0.438. The van der Waals surface area contributed by atoms with Crippen LogP contribution in [0.4, 0.5) is 0 Å². The van der Waals surface area contributed by atoms with Crippen LogP contribution in [0.2, 0.25) is 0 Å². The molecule has 0 radical (unpaired) electrons. The van der Waals surface area contributed by atoms with Gasteiger partial charge in [-0.3, -0.25) is 4.79 Å². The van der Waals surface area contributed by atoms with Crippen LogP contribution in [0, 0.1) is 0 Å². The average molecular weight is 320 g/mol. The number of carbonyl (C=O) groups is 2. The highest BCUT2D eigenvalue weighted by atomic mass is 32.1. The topological polar surface area (TPSA) is 68.3 Å². The number of aromatic nitrogens is 1. The zero-order valence-corrected chi connectivity index (χ0v) is 13.8. The summed E-state index contributed by atoms with van der Waals surface area (Å²) in [5, 5.41) is 3.68. The molecule has 1 heterocycles. The van der Waals surface area contributed by atoms with Crippen LogP contribution in [0.15, 0.2) is 24.3 Å². The fourth-order valence-electron chi connectivity index (χ4n) is 2.13. The zero-order valence-electron chi connectivity index (χ0n) is 13.0. The number of ether oxygens (including phenoxy) is 1. The predicted molar refractivity (Wildman–Crippen MR) is 86.8 cm³/mol. The van der Waals surface area contributed by atoms with Crippen LogP contribution in [0.25, 0.3) is 10.2 Å². The lowest BCUT2D eigenvalue weighted by molar-refractivity contribution is -0.150. The van der Waals surface area contributed by atoms with Gasteiger partial charge in [0.15, 0.2) is 0 Å². The number of esters is 1. The molecule has 1 atom stereocenters. The van der Waals surface area contributed by atoms with Gasteiger partial charge in [0, 0.05) is 12.8 Å². The van der Waals surface area contributed by atoms with Crippen molar-refractivity contribution in [2.75, 3.05) is 7.11 Å². The molecule has 0 saturated heterocycles. The molecule has 0 bridgehead atoms. The van der Waals surface area contributed by atoms with Crippen molar-refractivity contribution in [2.24, 2.45) is 0 Å². The van der Waals surface area contributed by atoms with E-state index in [1.807, 2.05) is 31.2 Å². The predicted octanol–water partition coefficient (Wildman–Crippen LogP) is 2.69. The number of benzene rings is 1. The third kappa shape index (κ3) is 3.62. The Morgan fingerprint density at radius 2 is 2.09 bits per heavy atom. The van der Waals surface area contributed by atoms with Crippen LogP contribution in [-0.2, 0) is 20.7 Å². The normalized spacial score (nSPS) is 13.6. The molecule has 0 unspecified atom stereocenters. The Morgan fingerprint density at radius 1 is 1.36 bits per heavy atom. The van der Waals surface area contributed by atoms with Crippen molar-refractivity contribution >= 4 is 33.4 Å². The Kier molecular flexibility index (Phi) is 5.13. The third-order valence-corrected chi connectivity index (χ3v) is 4.76. The second kappa shape index (κ2) is 6.87. The molecule has 6 heteroatoms. The fourth-order valence-corrected chi connectivity index (χ4v) is 3.09. The molecule has 5 nitrogen and oxygen atoms in total. The van der Waals surface area contributed by atoms with Crippen LogP contribution in [0.1, 0.15) is 31.7 Å². The molecule has 0 fully saturated rings. The molecule has 2 rings (SSSR count). The molecule has 1 aromatic heterocycles. The number of thiazole rings is 1. The number of rotatable bonds is 6. The first-order valence-corrected chi connectivity index (χ1v) is 8.04. The zero-order chi connectivity index (χ0) is 16.2. The highest BCUT2D eigenvalue weighted by Gasteiger charge is 2.33. The van der Waals surface area contributed by atoms with Crippen molar-refractivity contribution < 1.29 is 14.3 Å². The van der Waals surface area contributed by atoms with E-state index in [0.29, 0.717) is 19.3 Å². The largest absolute Gasteiger partial charge is 0.467 e. The van der Waals surface area contributed by atoms with Gasteiger partial charge in [0.25, 0.3) is 0 Å². The van der Waals surface area contributed by atoms with Gasteiger partial charge in [-0.1, -0.05) is 19.1 Å². The van der Waals surface area contributed by atoms with E-state index in [2.05, 4.69) is 10.3 Å². The quantitative estimate of drug-likeness (QED) is 0.831. The standard InChI is InChI=1S/C16H20N2O3S/c1-4-16(2,15(20)21-3)18-13(19)9-10-14-17-11-7-5-6-8-12(11)22-14/h5-8H,4,9-10H2,1-3H3,(H,18,19)/t16-/m1/s1. The maximum Gasteiger partial charge on any atom is 0.331 e. The van der Waals surface area contributed by atoms with E-state index in [0.717, 1.165) is 15.2 Å². The summed E-state index contributed by atoms with van der Waals surface area (Å²) in [6.07, 6.45) is 1.34. The number of amides is 1. The second-order valence-corrected chi connectivity index (χ2v) is 6.42. The van der Waals surface area contributed by atoms with E-state index in [-0.39, 0.29) is 5.91 Å². The third-order valence-electron chi connectivity index (χ3n) is 3.66. The molecular weight excluding hydrogens is 300 g/mol. The lowest BCUT2D eigenvalue weighted by atomic mass is 9.99. The van der Waals surface area contributed by atoms with Crippen molar-refractivity contribution in [3.8, 4) is 0 Å². The number of methoxy groups -OCH3 is 1. The summed E-state index contributed by atoms with van der Waals surface area (Å²) in [5.41, 5.74) is -0.0183. The highest BCUT2D eigenvalue weighted by Crippen LogP contribution is 2.22. The summed E-state index contributed by atoms with van der Waals surface area (Å²) in [4.78, 5) is 28.3. The van der Waals surface area contributed by atoms with Crippen molar-refractivity contribution in [2.45, 2.75) is 38.6 Å². The van der Waals surface area contributed by atoms with E-state index in [9.17, 15) is 9.59 Å². The summed E-state index contributed by atoms with van der Waals surface area (Å²) in [5.74, 6) is -0.600. The van der Waals surface area contributed by atoms with Crippen molar-refractivity contribution in [3.05, 3.63) is 29.3 Å². The SMILES string of the molecule is CC[C@@](C)(NC(=O)CCc1nc2ccccc2s1)C(=O)OC. The first-order chi connectivity index (χ1) is 10.5. The molecule has 22 heavy (non-hydrogen) atoms. The van der Waals surface area contributed by atoms with Gasteiger partial charge in [0.2, 0.25) is 5.91 Å². The Morgan fingerprint density at radius 3 is 2.73 bits per heavy atom. The Balaban J connectivity index is 1.96. The van der Waals surface area contributed by atoms with Gasteiger partial charge in [0.1, 0.15) is 5.54 Å². The number of carbonyl (C=O) groups excluding carboxylic acids is 2. The average Bonchev–Trinajstić information content (AvgIpc) is 2.94. The van der Waals surface area contributed by atoms with E-state index in [4.69, 9.17) is 4.74 Å². The van der Waals surface area contributed by atoms with Gasteiger partial charge < -0.3 is 10.1 Å². The highest BCUT2D eigenvalue weighted by molar-refractivity contribution is 7.18. The second-order valence-electron chi connectivity index (χ2n) is 5.30. The molecule has 0 aliphatic heterocycles. The van der Waals surface area contributed by atoms with E-state index >= 15 is 0 Å². The number of nitrogens with one attached hydrogen (secondary N) is 1. The van der Waals surface area contributed by atoms with Gasteiger partial charge >= 0.3 is 5.97 Å². The van der Waals surface area contributed by atoms with Crippen LogP contribution in [-0.4, -0.2) is 29.5 Å². The lowest BCUT2D eigenvalue weighted by Crippen LogP contribution is -2.52.